The SMILES string of the molecule is CNC(C)=O.O=C(Nc1ccc2c(c1)N(S(=O)(=O)c1ccc(F)cc1)CCO2)OC(Cc1ccccc1)C(F)(F)F. The molecule has 220 valence electrons. The fraction of sp³-hybridized carbons (Fsp3) is 0.259. The van der Waals surface area contributed by atoms with Crippen LogP contribution in [0.4, 0.5) is 33.7 Å². The molecule has 41 heavy (non-hydrogen) atoms. The number of nitrogens with one attached hydrogen (secondary N) is 2. The number of hydrogen-bond donors (Lipinski definition) is 2. The van der Waals surface area contributed by atoms with Gasteiger partial charge in [0.15, 0.2) is 0 Å². The molecule has 2 amide bonds. The summed E-state index contributed by atoms with van der Waals surface area (Å²) in [6.45, 7) is 1.43. The molecule has 2 N–H and O–H groups in total. The fourth-order valence-electron chi connectivity index (χ4n) is 3.58. The van der Waals surface area contributed by atoms with Crippen molar-refractivity contribution in [3.8, 4) is 5.75 Å². The third-order valence-corrected chi connectivity index (χ3v) is 7.49. The number of ether oxygens (including phenoxy) is 2. The number of anilines is 2. The number of benzene rings is 3. The van der Waals surface area contributed by atoms with Crippen molar-refractivity contribution < 1.29 is 45.0 Å². The summed E-state index contributed by atoms with van der Waals surface area (Å²) in [4.78, 5) is 21.9. The largest absolute Gasteiger partial charge is 0.489 e. The van der Waals surface area contributed by atoms with E-state index in [1.165, 1.54) is 37.3 Å². The molecule has 9 nitrogen and oxygen atoms in total. The second-order valence-electron chi connectivity index (χ2n) is 8.62. The minimum Gasteiger partial charge on any atom is -0.489 e. The number of rotatable bonds is 6. The monoisotopic (exact) mass is 597 g/mol. The molecule has 0 fully saturated rings. The third-order valence-electron chi connectivity index (χ3n) is 5.66. The number of sulfonamides is 1. The lowest BCUT2D eigenvalue weighted by atomic mass is 10.1. The smallest absolute Gasteiger partial charge is 0.425 e. The number of alkyl halides is 3. The average Bonchev–Trinajstić information content (AvgIpc) is 2.93. The lowest BCUT2D eigenvalue weighted by Crippen LogP contribution is -2.38. The van der Waals surface area contributed by atoms with Crippen LogP contribution >= 0.6 is 0 Å². The minimum absolute atomic E-state index is 0.00463. The second kappa shape index (κ2) is 13.4. The van der Waals surface area contributed by atoms with Crippen molar-refractivity contribution >= 4 is 33.4 Å². The van der Waals surface area contributed by atoms with Crippen molar-refractivity contribution in [1.82, 2.24) is 5.32 Å². The molecule has 4 rings (SSSR count). The molecule has 3 aromatic rings. The molecule has 0 saturated heterocycles. The summed E-state index contributed by atoms with van der Waals surface area (Å²) in [5, 5.41) is 4.60. The van der Waals surface area contributed by atoms with E-state index in [2.05, 4.69) is 15.4 Å². The average molecular weight is 598 g/mol. The quantitative estimate of drug-likeness (QED) is 0.392. The third kappa shape index (κ3) is 8.58. The molecule has 0 aromatic heterocycles. The second-order valence-corrected chi connectivity index (χ2v) is 10.5. The first kappa shape index (κ1) is 31.2. The summed E-state index contributed by atoms with van der Waals surface area (Å²) in [6.07, 6.45) is -9.13. The first-order valence-electron chi connectivity index (χ1n) is 12.1. The van der Waals surface area contributed by atoms with Gasteiger partial charge in [-0.05, 0) is 48.0 Å². The Balaban J connectivity index is 0.000000850. The van der Waals surface area contributed by atoms with Crippen LogP contribution < -0.4 is 19.7 Å². The van der Waals surface area contributed by atoms with Gasteiger partial charge < -0.3 is 14.8 Å². The maximum atomic E-state index is 13.5. The molecule has 1 atom stereocenters. The van der Waals surface area contributed by atoms with Crippen LogP contribution in [-0.2, 0) is 26.0 Å². The van der Waals surface area contributed by atoms with Crippen LogP contribution in [0, 0.1) is 5.82 Å². The molecule has 1 aliphatic heterocycles. The topological polar surface area (TPSA) is 114 Å². The number of carbonyl (C=O) groups is 2. The van der Waals surface area contributed by atoms with E-state index in [1.54, 1.807) is 25.2 Å². The van der Waals surface area contributed by atoms with Crippen molar-refractivity contribution in [3.63, 3.8) is 0 Å². The standard InChI is InChI=1S/C24H20F4N2O5S.C3H7NO/c25-17-6-9-19(10-7-17)36(32,33)30-12-13-34-21-11-8-18(15-20(21)30)29-23(31)35-22(24(26,27)28)14-16-4-2-1-3-5-16;1-3(5)4-2/h1-11,15,22H,12-14H2,(H,29,31);1-2H3,(H,4,5). The van der Waals surface area contributed by atoms with Crippen molar-refractivity contribution in [1.29, 1.82) is 0 Å². The summed E-state index contributed by atoms with van der Waals surface area (Å²) < 4.78 is 91.1. The van der Waals surface area contributed by atoms with Gasteiger partial charge in [-0.15, -0.1) is 0 Å². The number of carbonyl (C=O) groups excluding carboxylic acids is 2. The van der Waals surface area contributed by atoms with Gasteiger partial charge >= 0.3 is 12.3 Å². The first-order valence-corrected chi connectivity index (χ1v) is 13.6. The Hall–Kier alpha value is -4.33. The van der Waals surface area contributed by atoms with Crippen LogP contribution in [0.1, 0.15) is 12.5 Å². The zero-order chi connectivity index (χ0) is 30.2. The van der Waals surface area contributed by atoms with Gasteiger partial charge in [0.05, 0.1) is 17.1 Å². The van der Waals surface area contributed by atoms with Crippen LogP contribution in [0.15, 0.2) is 77.7 Å². The Morgan fingerprint density at radius 2 is 1.68 bits per heavy atom. The number of halogens is 4. The summed E-state index contributed by atoms with van der Waals surface area (Å²) in [5.74, 6) is -0.418. The minimum atomic E-state index is -4.81. The van der Waals surface area contributed by atoms with Gasteiger partial charge in [-0.2, -0.15) is 13.2 Å². The molecule has 1 unspecified atom stereocenters. The molecule has 3 aromatic carbocycles. The summed E-state index contributed by atoms with van der Waals surface area (Å²) >= 11 is 0. The van der Waals surface area contributed by atoms with E-state index in [0.717, 1.165) is 28.6 Å². The van der Waals surface area contributed by atoms with Gasteiger partial charge in [0.25, 0.3) is 10.0 Å². The predicted octanol–water partition coefficient (Wildman–Crippen LogP) is 4.89. The fourth-order valence-corrected chi connectivity index (χ4v) is 5.03. The zero-order valence-corrected chi connectivity index (χ0v) is 22.8. The summed E-state index contributed by atoms with van der Waals surface area (Å²) in [5.41, 5.74) is 0.379. The highest BCUT2D eigenvalue weighted by Gasteiger charge is 2.43. The normalized spacial score (nSPS) is 13.5. The molecule has 14 heteroatoms. The molecule has 0 radical (unpaired) electrons. The maximum Gasteiger partial charge on any atom is 0.425 e. The lowest BCUT2D eigenvalue weighted by Gasteiger charge is -2.31. The number of amides is 2. The van der Waals surface area contributed by atoms with E-state index >= 15 is 0 Å². The zero-order valence-electron chi connectivity index (χ0n) is 21.9. The lowest BCUT2D eigenvalue weighted by molar-refractivity contribution is -0.201. The van der Waals surface area contributed by atoms with E-state index in [-0.39, 0.29) is 41.1 Å². The van der Waals surface area contributed by atoms with E-state index < -0.39 is 40.6 Å². The molecular formula is C27H27F4N3O6S. The van der Waals surface area contributed by atoms with Gasteiger partial charge in [-0.25, -0.2) is 17.6 Å². The van der Waals surface area contributed by atoms with Gasteiger partial charge in [-0.1, -0.05) is 30.3 Å². The number of nitrogens with zero attached hydrogens (tertiary/aromatic N) is 1. The Labute approximate surface area is 234 Å². The van der Waals surface area contributed by atoms with Crippen LogP contribution in [0.5, 0.6) is 5.75 Å². The van der Waals surface area contributed by atoms with Crippen LogP contribution in [0.2, 0.25) is 0 Å². The van der Waals surface area contributed by atoms with Crippen molar-refractivity contribution in [2.24, 2.45) is 0 Å². The Kier molecular flexibility index (Phi) is 10.2. The van der Waals surface area contributed by atoms with Crippen LogP contribution in [0.25, 0.3) is 0 Å². The Bertz CT molecular complexity index is 1450. The highest BCUT2D eigenvalue weighted by molar-refractivity contribution is 7.92. The Morgan fingerprint density at radius 1 is 1.05 bits per heavy atom. The van der Waals surface area contributed by atoms with Gasteiger partial charge in [0.2, 0.25) is 12.0 Å². The van der Waals surface area contributed by atoms with Gasteiger partial charge in [-0.3, -0.25) is 14.4 Å². The summed E-state index contributed by atoms with van der Waals surface area (Å²) in [7, 11) is -2.52. The molecule has 0 spiro atoms. The highest BCUT2D eigenvalue weighted by atomic mass is 32.2. The van der Waals surface area contributed by atoms with E-state index in [4.69, 9.17) is 4.74 Å². The molecule has 0 bridgehead atoms. The van der Waals surface area contributed by atoms with Crippen molar-refractivity contribution in [2.45, 2.75) is 30.5 Å². The maximum absolute atomic E-state index is 13.5. The molecular weight excluding hydrogens is 570 g/mol. The van der Waals surface area contributed by atoms with Gasteiger partial charge in [0, 0.05) is 26.1 Å². The predicted molar refractivity (Wildman–Crippen MR) is 143 cm³/mol. The van der Waals surface area contributed by atoms with Crippen LogP contribution in [-0.4, -0.2) is 52.9 Å². The van der Waals surface area contributed by atoms with E-state index in [0.29, 0.717) is 5.56 Å². The van der Waals surface area contributed by atoms with Crippen LogP contribution in [0.3, 0.4) is 0 Å². The highest BCUT2D eigenvalue weighted by Crippen LogP contribution is 2.37. The van der Waals surface area contributed by atoms with Gasteiger partial charge in [0.1, 0.15) is 18.2 Å². The molecule has 1 aliphatic rings. The summed E-state index contributed by atoms with van der Waals surface area (Å²) in [6, 6.07) is 16.0. The van der Waals surface area contributed by atoms with Crippen molar-refractivity contribution in [2.75, 3.05) is 29.8 Å². The number of hydrogen-bond acceptors (Lipinski definition) is 6. The number of fused-ring (bicyclic) bond motifs is 1. The van der Waals surface area contributed by atoms with E-state index in [9.17, 15) is 35.6 Å². The Morgan fingerprint density at radius 3 is 2.27 bits per heavy atom. The van der Waals surface area contributed by atoms with E-state index in [1.807, 2.05) is 0 Å². The first-order chi connectivity index (χ1) is 19.3. The molecule has 0 aliphatic carbocycles. The molecule has 0 saturated carbocycles. The molecule has 1 heterocycles. The van der Waals surface area contributed by atoms with Crippen molar-refractivity contribution in [3.05, 3.63) is 84.2 Å².